The van der Waals surface area contributed by atoms with Crippen molar-refractivity contribution in [3.63, 3.8) is 0 Å². The van der Waals surface area contributed by atoms with E-state index in [2.05, 4.69) is 0 Å². The van der Waals surface area contributed by atoms with Crippen LogP contribution < -0.4 is 4.74 Å². The molecular formula is C12H15NO3. The number of carbonyl (C=O) groups excluding carboxylic acids is 1. The summed E-state index contributed by atoms with van der Waals surface area (Å²) in [6, 6.07) is 6.58. The number of aromatic hydroxyl groups is 1. The number of carbonyl (C=O) groups is 1. The largest absolute Gasteiger partial charge is 0.508 e. The summed E-state index contributed by atoms with van der Waals surface area (Å²) in [5, 5.41) is 9.08. The number of benzene rings is 1. The van der Waals surface area contributed by atoms with E-state index < -0.39 is 0 Å². The van der Waals surface area contributed by atoms with E-state index in [4.69, 9.17) is 9.84 Å². The fourth-order valence-corrected chi connectivity index (χ4v) is 1.76. The second-order valence-electron chi connectivity index (χ2n) is 3.83. The molecule has 1 heterocycles. The van der Waals surface area contributed by atoms with Crippen molar-refractivity contribution in [1.29, 1.82) is 0 Å². The van der Waals surface area contributed by atoms with Crippen molar-refractivity contribution in [3.8, 4) is 11.5 Å². The number of phenols is 1. The standard InChI is InChI=1S/C12H15NO3/c14-10-3-5-11(6-4-10)16-9-8-13-7-1-2-12(13)15/h3-6,14H,1-2,7-9H2. The summed E-state index contributed by atoms with van der Waals surface area (Å²) in [5.41, 5.74) is 0. The first-order valence-electron chi connectivity index (χ1n) is 5.45. The van der Waals surface area contributed by atoms with Gasteiger partial charge in [-0.15, -0.1) is 0 Å². The van der Waals surface area contributed by atoms with Crippen LogP contribution in [0.4, 0.5) is 0 Å². The molecule has 1 aromatic carbocycles. The van der Waals surface area contributed by atoms with Crippen molar-refractivity contribution in [3.05, 3.63) is 24.3 Å². The third kappa shape index (κ3) is 2.66. The van der Waals surface area contributed by atoms with Gasteiger partial charge in [0.2, 0.25) is 5.91 Å². The van der Waals surface area contributed by atoms with Gasteiger partial charge in [0.05, 0.1) is 6.54 Å². The highest BCUT2D eigenvalue weighted by atomic mass is 16.5. The molecule has 0 aliphatic carbocycles. The van der Waals surface area contributed by atoms with Crippen LogP contribution in [-0.2, 0) is 4.79 Å². The molecule has 2 rings (SSSR count). The summed E-state index contributed by atoms with van der Waals surface area (Å²) in [7, 11) is 0. The Kier molecular flexibility index (Phi) is 3.29. The van der Waals surface area contributed by atoms with Crippen LogP contribution in [0.1, 0.15) is 12.8 Å². The Morgan fingerprint density at radius 3 is 2.69 bits per heavy atom. The van der Waals surface area contributed by atoms with Gasteiger partial charge in [-0.1, -0.05) is 0 Å². The minimum absolute atomic E-state index is 0.217. The maximum atomic E-state index is 11.3. The van der Waals surface area contributed by atoms with Crippen molar-refractivity contribution in [1.82, 2.24) is 4.90 Å². The van der Waals surface area contributed by atoms with Crippen LogP contribution in [0.5, 0.6) is 11.5 Å². The lowest BCUT2D eigenvalue weighted by atomic mass is 10.3. The second kappa shape index (κ2) is 4.88. The highest BCUT2D eigenvalue weighted by molar-refractivity contribution is 5.78. The molecule has 4 nitrogen and oxygen atoms in total. The van der Waals surface area contributed by atoms with Gasteiger partial charge in [-0.3, -0.25) is 4.79 Å². The molecule has 0 saturated carbocycles. The Bertz CT molecular complexity index is 361. The molecule has 1 fully saturated rings. The molecular weight excluding hydrogens is 206 g/mol. The van der Waals surface area contributed by atoms with E-state index in [1.165, 1.54) is 0 Å². The third-order valence-corrected chi connectivity index (χ3v) is 2.64. The number of rotatable bonds is 4. The topological polar surface area (TPSA) is 49.8 Å². The SMILES string of the molecule is O=C1CCCN1CCOc1ccc(O)cc1. The first-order valence-corrected chi connectivity index (χ1v) is 5.45. The Morgan fingerprint density at radius 1 is 1.31 bits per heavy atom. The molecule has 0 atom stereocenters. The molecule has 0 aromatic heterocycles. The van der Waals surface area contributed by atoms with E-state index >= 15 is 0 Å². The second-order valence-corrected chi connectivity index (χ2v) is 3.83. The van der Waals surface area contributed by atoms with Gasteiger partial charge in [-0.2, -0.15) is 0 Å². The lowest BCUT2D eigenvalue weighted by Crippen LogP contribution is -2.29. The monoisotopic (exact) mass is 221 g/mol. The molecule has 1 aliphatic heterocycles. The van der Waals surface area contributed by atoms with E-state index in [1.807, 2.05) is 4.90 Å². The Hall–Kier alpha value is -1.71. The number of hydrogen-bond acceptors (Lipinski definition) is 3. The van der Waals surface area contributed by atoms with Crippen LogP contribution >= 0.6 is 0 Å². The summed E-state index contributed by atoms with van der Waals surface area (Å²) in [4.78, 5) is 13.1. The number of hydrogen-bond donors (Lipinski definition) is 1. The smallest absolute Gasteiger partial charge is 0.222 e. The summed E-state index contributed by atoms with van der Waals surface area (Å²) in [5.74, 6) is 1.15. The van der Waals surface area contributed by atoms with Gasteiger partial charge in [0, 0.05) is 13.0 Å². The minimum atomic E-state index is 0.217. The predicted molar refractivity (Wildman–Crippen MR) is 59.4 cm³/mol. The first-order chi connectivity index (χ1) is 7.75. The van der Waals surface area contributed by atoms with Crippen molar-refractivity contribution < 1.29 is 14.6 Å². The zero-order valence-electron chi connectivity index (χ0n) is 9.06. The van der Waals surface area contributed by atoms with Crippen molar-refractivity contribution in [2.24, 2.45) is 0 Å². The number of ether oxygens (including phenoxy) is 1. The maximum absolute atomic E-state index is 11.3. The number of amides is 1. The molecule has 0 radical (unpaired) electrons. The van der Waals surface area contributed by atoms with Crippen LogP contribution in [0.15, 0.2) is 24.3 Å². The zero-order valence-corrected chi connectivity index (χ0v) is 9.06. The molecule has 86 valence electrons. The molecule has 16 heavy (non-hydrogen) atoms. The normalized spacial score (nSPS) is 15.5. The number of phenolic OH excluding ortho intramolecular Hbond substituents is 1. The van der Waals surface area contributed by atoms with E-state index in [-0.39, 0.29) is 11.7 Å². The summed E-state index contributed by atoms with van der Waals surface area (Å²) in [6.45, 7) is 1.98. The fraction of sp³-hybridized carbons (Fsp3) is 0.417. The summed E-state index contributed by atoms with van der Waals surface area (Å²) < 4.78 is 5.47. The van der Waals surface area contributed by atoms with E-state index in [0.717, 1.165) is 13.0 Å². The molecule has 0 spiro atoms. The molecule has 0 bridgehead atoms. The van der Waals surface area contributed by atoms with E-state index in [0.29, 0.717) is 25.3 Å². The molecule has 1 aromatic rings. The lowest BCUT2D eigenvalue weighted by Gasteiger charge is -2.15. The van der Waals surface area contributed by atoms with Gasteiger partial charge >= 0.3 is 0 Å². The molecule has 4 heteroatoms. The van der Waals surface area contributed by atoms with E-state index in [1.54, 1.807) is 24.3 Å². The van der Waals surface area contributed by atoms with Gasteiger partial charge in [0.1, 0.15) is 18.1 Å². The molecule has 1 saturated heterocycles. The molecule has 0 unspecified atom stereocenters. The van der Waals surface area contributed by atoms with Crippen LogP contribution in [0, 0.1) is 0 Å². The van der Waals surface area contributed by atoms with E-state index in [9.17, 15) is 4.79 Å². The molecule has 1 amide bonds. The summed E-state index contributed by atoms with van der Waals surface area (Å²) in [6.07, 6.45) is 1.62. The number of likely N-dealkylation sites (tertiary alicyclic amines) is 1. The zero-order chi connectivity index (χ0) is 11.4. The van der Waals surface area contributed by atoms with Crippen LogP contribution in [0.3, 0.4) is 0 Å². The minimum Gasteiger partial charge on any atom is -0.508 e. The lowest BCUT2D eigenvalue weighted by molar-refractivity contribution is -0.128. The Balaban J connectivity index is 1.75. The molecule has 1 N–H and O–H groups in total. The Labute approximate surface area is 94.4 Å². The fourth-order valence-electron chi connectivity index (χ4n) is 1.76. The summed E-state index contributed by atoms with van der Waals surface area (Å²) >= 11 is 0. The van der Waals surface area contributed by atoms with Crippen molar-refractivity contribution >= 4 is 5.91 Å². The highest BCUT2D eigenvalue weighted by Crippen LogP contribution is 2.16. The van der Waals surface area contributed by atoms with Gasteiger partial charge in [-0.25, -0.2) is 0 Å². The van der Waals surface area contributed by atoms with Gasteiger partial charge < -0.3 is 14.7 Å². The molecule has 1 aliphatic rings. The van der Waals surface area contributed by atoms with Crippen molar-refractivity contribution in [2.75, 3.05) is 19.7 Å². The quantitative estimate of drug-likeness (QED) is 0.836. The average Bonchev–Trinajstić information content (AvgIpc) is 2.68. The average molecular weight is 221 g/mol. The van der Waals surface area contributed by atoms with Crippen molar-refractivity contribution in [2.45, 2.75) is 12.8 Å². The van der Waals surface area contributed by atoms with Gasteiger partial charge in [0.25, 0.3) is 0 Å². The predicted octanol–water partition coefficient (Wildman–Crippen LogP) is 1.39. The van der Waals surface area contributed by atoms with Gasteiger partial charge in [-0.05, 0) is 30.7 Å². The van der Waals surface area contributed by atoms with Crippen LogP contribution in [0.2, 0.25) is 0 Å². The van der Waals surface area contributed by atoms with Crippen LogP contribution in [0.25, 0.3) is 0 Å². The van der Waals surface area contributed by atoms with Crippen LogP contribution in [-0.4, -0.2) is 35.6 Å². The third-order valence-electron chi connectivity index (χ3n) is 2.64. The van der Waals surface area contributed by atoms with Gasteiger partial charge in [0.15, 0.2) is 0 Å². The number of nitrogens with zero attached hydrogens (tertiary/aromatic N) is 1. The first kappa shape index (κ1) is 10.8. The highest BCUT2D eigenvalue weighted by Gasteiger charge is 2.19. The Morgan fingerprint density at radius 2 is 2.06 bits per heavy atom. The maximum Gasteiger partial charge on any atom is 0.222 e.